The number of aromatic nitrogens is 2. The third kappa shape index (κ3) is 2.60. The van der Waals surface area contributed by atoms with Gasteiger partial charge in [0.2, 0.25) is 0 Å². The first-order valence-electron chi connectivity index (χ1n) is 4.62. The molecule has 0 aliphatic heterocycles. The van der Waals surface area contributed by atoms with E-state index in [4.69, 9.17) is 11.6 Å². The summed E-state index contributed by atoms with van der Waals surface area (Å²) in [4.78, 5) is 22.3. The van der Waals surface area contributed by atoms with Crippen LogP contribution < -0.4 is 0 Å². The van der Waals surface area contributed by atoms with E-state index in [9.17, 15) is 14.9 Å². The highest BCUT2D eigenvalue weighted by atomic mass is 79.9. The van der Waals surface area contributed by atoms with Gasteiger partial charge in [-0.3, -0.25) is 4.79 Å². The van der Waals surface area contributed by atoms with Crippen LogP contribution in [-0.4, -0.2) is 20.5 Å². The molecule has 0 fully saturated rings. The summed E-state index contributed by atoms with van der Waals surface area (Å²) in [6.07, 6.45) is 1.26. The van der Waals surface area contributed by atoms with Crippen molar-refractivity contribution in [3.05, 3.63) is 42.1 Å². The van der Waals surface area contributed by atoms with Gasteiger partial charge >= 0.3 is 5.82 Å². The van der Waals surface area contributed by atoms with Crippen molar-refractivity contribution in [2.75, 3.05) is 0 Å². The number of thiophene rings is 1. The molecule has 0 saturated carbocycles. The predicted octanol–water partition coefficient (Wildman–Crippen LogP) is 3.15. The zero-order valence-electron chi connectivity index (χ0n) is 8.67. The van der Waals surface area contributed by atoms with Crippen molar-refractivity contribution in [2.45, 2.75) is 6.54 Å². The Bertz CT molecular complexity index is 624. The number of nitrogens with zero attached hydrogens (tertiary/aromatic N) is 3. The second-order valence-electron chi connectivity index (χ2n) is 3.28. The molecule has 18 heavy (non-hydrogen) atoms. The molecule has 0 amide bonds. The zero-order chi connectivity index (χ0) is 13.3. The molecule has 94 valence electrons. The number of hydrogen-bond acceptors (Lipinski definition) is 5. The Morgan fingerprint density at radius 1 is 1.67 bits per heavy atom. The fraction of sp³-hybridized carbons (Fsp3) is 0.111. The van der Waals surface area contributed by atoms with Crippen molar-refractivity contribution in [1.29, 1.82) is 0 Å². The van der Waals surface area contributed by atoms with Gasteiger partial charge in [0.05, 0.1) is 16.2 Å². The lowest BCUT2D eigenvalue weighted by atomic mass is 10.3. The van der Waals surface area contributed by atoms with Crippen molar-refractivity contribution in [3.63, 3.8) is 0 Å². The first kappa shape index (κ1) is 13.2. The van der Waals surface area contributed by atoms with E-state index in [1.165, 1.54) is 17.5 Å². The minimum Gasteiger partial charge on any atom is -0.358 e. The molecule has 0 aliphatic rings. The standard InChI is InChI=1S/C9H5BrClN3O3S/c10-5-1-2-18-8(5)7(15)4-13-3-6(11)9(12-13)14(16)17/h1-3H,4H2. The third-order valence-corrected chi connectivity index (χ3v) is 4.19. The van der Waals surface area contributed by atoms with Gasteiger partial charge in [0, 0.05) is 4.47 Å². The molecule has 6 nitrogen and oxygen atoms in total. The van der Waals surface area contributed by atoms with Crippen molar-refractivity contribution in [1.82, 2.24) is 9.78 Å². The minimum absolute atomic E-state index is 0.0851. The number of carbonyl (C=O) groups excluding carboxylic acids is 1. The largest absolute Gasteiger partial charge is 0.408 e. The summed E-state index contributed by atoms with van der Waals surface area (Å²) in [5.41, 5.74) is 0. The van der Waals surface area contributed by atoms with Crippen LogP contribution in [0, 0.1) is 10.1 Å². The normalized spacial score (nSPS) is 10.6. The van der Waals surface area contributed by atoms with Crippen LogP contribution in [0.3, 0.4) is 0 Å². The van der Waals surface area contributed by atoms with E-state index in [1.54, 1.807) is 11.4 Å². The number of nitro groups is 1. The molecule has 0 aromatic carbocycles. The summed E-state index contributed by atoms with van der Waals surface area (Å²) in [6.45, 7) is -0.0906. The average Bonchev–Trinajstić information content (AvgIpc) is 2.84. The second kappa shape index (κ2) is 5.17. The van der Waals surface area contributed by atoms with E-state index in [2.05, 4.69) is 21.0 Å². The number of rotatable bonds is 4. The summed E-state index contributed by atoms with van der Waals surface area (Å²) in [7, 11) is 0. The summed E-state index contributed by atoms with van der Waals surface area (Å²) < 4.78 is 1.86. The van der Waals surface area contributed by atoms with Crippen LogP contribution in [0.25, 0.3) is 0 Å². The third-order valence-electron chi connectivity index (χ3n) is 2.05. The first-order valence-corrected chi connectivity index (χ1v) is 6.67. The van der Waals surface area contributed by atoms with Gasteiger partial charge in [-0.05, 0) is 32.3 Å². The summed E-state index contributed by atoms with van der Waals surface area (Å²) in [5, 5.41) is 15.9. The van der Waals surface area contributed by atoms with Gasteiger partial charge in [-0.25, -0.2) is 0 Å². The molecule has 0 bridgehead atoms. The van der Waals surface area contributed by atoms with Gasteiger partial charge in [0.25, 0.3) is 0 Å². The number of halogens is 2. The smallest absolute Gasteiger partial charge is 0.358 e. The molecule has 9 heteroatoms. The molecule has 0 spiro atoms. The molecular weight excluding hydrogens is 346 g/mol. The summed E-state index contributed by atoms with van der Waals surface area (Å²) >= 11 is 10.2. The number of Topliss-reactive ketones (excluding diaryl/α,β-unsaturated/α-hetero) is 1. The van der Waals surface area contributed by atoms with Crippen molar-refractivity contribution >= 4 is 50.5 Å². The predicted molar refractivity (Wildman–Crippen MR) is 70.2 cm³/mol. The van der Waals surface area contributed by atoms with Gasteiger partial charge in [0.15, 0.2) is 10.8 Å². The highest BCUT2D eigenvalue weighted by molar-refractivity contribution is 9.10. The van der Waals surface area contributed by atoms with Crippen LogP contribution in [0.4, 0.5) is 5.82 Å². The molecule has 0 radical (unpaired) electrons. The van der Waals surface area contributed by atoms with E-state index < -0.39 is 10.7 Å². The van der Waals surface area contributed by atoms with Crippen molar-refractivity contribution in [2.24, 2.45) is 0 Å². The fourth-order valence-corrected chi connectivity index (χ4v) is 3.05. The molecule has 0 atom stereocenters. The van der Waals surface area contributed by atoms with Crippen LogP contribution in [-0.2, 0) is 6.54 Å². The first-order chi connectivity index (χ1) is 8.49. The Labute approximate surface area is 118 Å². The van der Waals surface area contributed by atoms with Crippen LogP contribution in [0.1, 0.15) is 9.67 Å². The number of ketones is 1. The number of carbonyl (C=O) groups is 1. The van der Waals surface area contributed by atoms with Gasteiger partial charge in [-0.15, -0.1) is 11.3 Å². The summed E-state index contributed by atoms with van der Waals surface area (Å²) in [6, 6.07) is 1.76. The molecule has 0 unspecified atom stereocenters. The molecular formula is C9H5BrClN3O3S. The Hall–Kier alpha value is -1.25. The van der Waals surface area contributed by atoms with Crippen LogP contribution in [0.5, 0.6) is 0 Å². The quantitative estimate of drug-likeness (QED) is 0.482. The molecule has 2 rings (SSSR count). The van der Waals surface area contributed by atoms with Crippen LogP contribution >= 0.6 is 38.9 Å². The zero-order valence-corrected chi connectivity index (χ0v) is 11.8. The molecule has 0 N–H and O–H groups in total. The topological polar surface area (TPSA) is 78.0 Å². The maximum Gasteiger partial charge on any atom is 0.408 e. The van der Waals surface area contributed by atoms with Crippen molar-refractivity contribution < 1.29 is 9.72 Å². The Morgan fingerprint density at radius 3 is 2.89 bits per heavy atom. The maximum absolute atomic E-state index is 11.9. The van der Waals surface area contributed by atoms with E-state index in [-0.39, 0.29) is 17.4 Å². The van der Waals surface area contributed by atoms with Gasteiger partial charge in [-0.1, -0.05) is 11.6 Å². The van der Waals surface area contributed by atoms with Crippen LogP contribution in [0.15, 0.2) is 22.1 Å². The molecule has 2 aromatic heterocycles. The minimum atomic E-state index is -0.690. The lowest BCUT2D eigenvalue weighted by Crippen LogP contribution is -2.10. The molecule has 2 aromatic rings. The highest BCUT2D eigenvalue weighted by Gasteiger charge is 2.21. The Morgan fingerprint density at radius 2 is 2.39 bits per heavy atom. The lowest BCUT2D eigenvalue weighted by Gasteiger charge is -1.95. The lowest BCUT2D eigenvalue weighted by molar-refractivity contribution is -0.389. The Balaban J connectivity index is 2.20. The average molecular weight is 351 g/mol. The van der Waals surface area contributed by atoms with Gasteiger partial charge in [0.1, 0.15) is 6.54 Å². The Kier molecular flexibility index (Phi) is 3.79. The molecule has 0 aliphatic carbocycles. The fourth-order valence-electron chi connectivity index (χ4n) is 1.30. The SMILES string of the molecule is O=C(Cn1cc(Cl)c([N+](=O)[O-])n1)c1sccc1Br. The monoisotopic (exact) mass is 349 g/mol. The molecule has 0 saturated heterocycles. The highest BCUT2D eigenvalue weighted by Crippen LogP contribution is 2.25. The molecule has 2 heterocycles. The van der Waals surface area contributed by atoms with E-state index >= 15 is 0 Å². The van der Waals surface area contributed by atoms with Gasteiger partial charge < -0.3 is 10.1 Å². The van der Waals surface area contributed by atoms with E-state index in [0.717, 1.165) is 4.68 Å². The maximum atomic E-state index is 11.9. The van der Waals surface area contributed by atoms with Crippen molar-refractivity contribution in [3.8, 4) is 0 Å². The number of hydrogen-bond donors (Lipinski definition) is 0. The van der Waals surface area contributed by atoms with Gasteiger partial charge in [-0.2, -0.15) is 4.68 Å². The second-order valence-corrected chi connectivity index (χ2v) is 5.45. The summed E-state index contributed by atoms with van der Waals surface area (Å²) in [5.74, 6) is -0.638. The van der Waals surface area contributed by atoms with Crippen LogP contribution in [0.2, 0.25) is 5.02 Å². The van der Waals surface area contributed by atoms with E-state index in [1.807, 2.05) is 0 Å². The van der Waals surface area contributed by atoms with E-state index in [0.29, 0.717) is 9.35 Å².